The highest BCUT2D eigenvalue weighted by molar-refractivity contribution is 5.76. The summed E-state index contributed by atoms with van der Waals surface area (Å²) in [7, 11) is 0. The maximum Gasteiger partial charge on any atom is 0.305 e. The van der Waals surface area contributed by atoms with Crippen LogP contribution in [0.3, 0.4) is 0 Å². The first kappa shape index (κ1) is 47.6. The fourth-order valence-corrected chi connectivity index (χ4v) is 6.45. The molecule has 0 bridgehead atoms. The van der Waals surface area contributed by atoms with Crippen LogP contribution >= 0.6 is 0 Å². The molecule has 0 radical (unpaired) electrons. The van der Waals surface area contributed by atoms with E-state index in [1.165, 1.54) is 116 Å². The molecule has 0 spiro atoms. The fraction of sp³-hybridized carbons (Fsp3) is 0.907. The Hall–Kier alpha value is -1.40. The third-order valence-corrected chi connectivity index (χ3v) is 9.81. The second-order valence-corrected chi connectivity index (χ2v) is 14.7. The van der Waals surface area contributed by atoms with Gasteiger partial charge in [-0.2, -0.15) is 0 Å². The summed E-state index contributed by atoms with van der Waals surface area (Å²) >= 11 is 0. The molecule has 3 N–H and O–H groups in total. The van der Waals surface area contributed by atoms with Crippen LogP contribution in [0.2, 0.25) is 0 Å². The van der Waals surface area contributed by atoms with Gasteiger partial charge in [-0.15, -0.1) is 0 Å². The van der Waals surface area contributed by atoms with Crippen LogP contribution in [-0.4, -0.2) is 47.4 Å². The number of aliphatic hydroxyl groups is 2. The normalized spacial score (nSPS) is 12.8. The lowest BCUT2D eigenvalue weighted by atomic mass is 10.0. The van der Waals surface area contributed by atoms with Gasteiger partial charge in [0.25, 0.3) is 0 Å². The van der Waals surface area contributed by atoms with Crippen LogP contribution in [0.1, 0.15) is 226 Å². The number of amides is 1. The number of carbonyl (C=O) groups excluding carboxylic acids is 2. The number of ether oxygens (including phenoxy) is 1. The first-order valence-corrected chi connectivity index (χ1v) is 21.4. The summed E-state index contributed by atoms with van der Waals surface area (Å²) in [4.78, 5) is 24.3. The zero-order valence-corrected chi connectivity index (χ0v) is 32.7. The number of carbonyl (C=O) groups is 2. The van der Waals surface area contributed by atoms with E-state index in [0.717, 1.165) is 77.0 Å². The van der Waals surface area contributed by atoms with E-state index in [0.29, 0.717) is 25.9 Å². The van der Waals surface area contributed by atoms with Crippen molar-refractivity contribution in [1.82, 2.24) is 5.32 Å². The Bertz CT molecular complexity index is 727. The van der Waals surface area contributed by atoms with Crippen molar-refractivity contribution < 1.29 is 24.5 Å². The Labute approximate surface area is 304 Å². The number of unbranched alkanes of at least 4 members (excludes halogenated alkanes) is 26. The third kappa shape index (κ3) is 36.2. The van der Waals surface area contributed by atoms with Gasteiger partial charge < -0.3 is 20.3 Å². The van der Waals surface area contributed by atoms with Gasteiger partial charge in [-0.25, -0.2) is 0 Å². The van der Waals surface area contributed by atoms with E-state index < -0.39 is 12.1 Å². The Balaban J connectivity index is 3.55. The smallest absolute Gasteiger partial charge is 0.305 e. The first-order chi connectivity index (χ1) is 24.0. The minimum absolute atomic E-state index is 0.0374. The fourth-order valence-electron chi connectivity index (χ4n) is 6.45. The Morgan fingerprint density at radius 3 is 1.45 bits per heavy atom. The quantitative estimate of drug-likeness (QED) is 0.0338. The van der Waals surface area contributed by atoms with Crippen molar-refractivity contribution in [2.45, 2.75) is 238 Å². The van der Waals surface area contributed by atoms with E-state index in [1.54, 1.807) is 0 Å². The van der Waals surface area contributed by atoms with Crippen molar-refractivity contribution in [2.24, 2.45) is 0 Å². The number of allylic oxidation sites excluding steroid dienone is 2. The van der Waals surface area contributed by atoms with Crippen molar-refractivity contribution in [1.29, 1.82) is 0 Å². The van der Waals surface area contributed by atoms with Crippen LogP contribution in [0.25, 0.3) is 0 Å². The minimum atomic E-state index is -0.682. The molecule has 0 aliphatic heterocycles. The average molecular weight is 694 g/mol. The monoisotopic (exact) mass is 694 g/mol. The van der Waals surface area contributed by atoms with Gasteiger partial charge in [-0.3, -0.25) is 9.59 Å². The number of hydrogen-bond acceptors (Lipinski definition) is 5. The van der Waals surface area contributed by atoms with E-state index in [2.05, 4.69) is 31.3 Å². The van der Waals surface area contributed by atoms with Crippen molar-refractivity contribution in [3.63, 3.8) is 0 Å². The number of nitrogens with one attached hydrogen (secondary N) is 1. The van der Waals surface area contributed by atoms with Crippen LogP contribution in [0, 0.1) is 0 Å². The molecule has 1 amide bonds. The molecule has 0 aromatic heterocycles. The van der Waals surface area contributed by atoms with Gasteiger partial charge in [0.15, 0.2) is 0 Å². The average Bonchev–Trinajstić information content (AvgIpc) is 3.10. The maximum atomic E-state index is 12.4. The predicted octanol–water partition coefficient (Wildman–Crippen LogP) is 11.8. The lowest BCUT2D eigenvalue weighted by Gasteiger charge is -2.22. The van der Waals surface area contributed by atoms with Gasteiger partial charge in [0.05, 0.1) is 25.4 Å². The maximum absolute atomic E-state index is 12.4. The SMILES string of the molecule is CCCCCCCCCCCCCC(=O)OCCCC/C=C\CCCCCCC(=O)NC(CO)C(O)CCCCCCCCCCCCC. The molecule has 0 rings (SSSR count). The van der Waals surface area contributed by atoms with E-state index in [9.17, 15) is 19.8 Å². The molecule has 0 aromatic rings. The zero-order valence-electron chi connectivity index (χ0n) is 32.7. The van der Waals surface area contributed by atoms with Gasteiger partial charge in [0.2, 0.25) is 5.91 Å². The second-order valence-electron chi connectivity index (χ2n) is 14.7. The van der Waals surface area contributed by atoms with Crippen molar-refractivity contribution in [3.8, 4) is 0 Å². The van der Waals surface area contributed by atoms with Crippen LogP contribution in [0.15, 0.2) is 12.2 Å². The summed E-state index contributed by atoms with van der Waals surface area (Å²) in [6.07, 6.45) is 41.6. The molecule has 0 fully saturated rings. The molecule has 0 heterocycles. The van der Waals surface area contributed by atoms with Crippen LogP contribution in [-0.2, 0) is 14.3 Å². The topological polar surface area (TPSA) is 95.9 Å². The number of aliphatic hydroxyl groups excluding tert-OH is 2. The summed E-state index contributed by atoms with van der Waals surface area (Å²) in [5.41, 5.74) is 0. The van der Waals surface area contributed by atoms with Gasteiger partial charge in [-0.05, 0) is 51.4 Å². The van der Waals surface area contributed by atoms with Crippen molar-refractivity contribution in [3.05, 3.63) is 12.2 Å². The number of esters is 1. The largest absolute Gasteiger partial charge is 0.466 e. The highest BCUT2D eigenvalue weighted by atomic mass is 16.5. The highest BCUT2D eigenvalue weighted by Gasteiger charge is 2.20. The van der Waals surface area contributed by atoms with E-state index in [4.69, 9.17) is 4.74 Å². The lowest BCUT2D eigenvalue weighted by Crippen LogP contribution is -2.45. The molecule has 290 valence electrons. The molecule has 0 saturated carbocycles. The van der Waals surface area contributed by atoms with E-state index in [1.807, 2.05) is 0 Å². The van der Waals surface area contributed by atoms with Crippen LogP contribution in [0.5, 0.6) is 0 Å². The van der Waals surface area contributed by atoms with Crippen LogP contribution in [0.4, 0.5) is 0 Å². The summed E-state index contributed by atoms with van der Waals surface area (Å²) < 4.78 is 5.40. The molecule has 6 nitrogen and oxygen atoms in total. The van der Waals surface area contributed by atoms with Gasteiger partial charge in [0.1, 0.15) is 0 Å². The zero-order chi connectivity index (χ0) is 35.9. The van der Waals surface area contributed by atoms with Gasteiger partial charge >= 0.3 is 5.97 Å². The first-order valence-electron chi connectivity index (χ1n) is 21.4. The van der Waals surface area contributed by atoms with Crippen LogP contribution < -0.4 is 5.32 Å². The van der Waals surface area contributed by atoms with Crippen molar-refractivity contribution in [2.75, 3.05) is 13.2 Å². The minimum Gasteiger partial charge on any atom is -0.466 e. The molecule has 0 aliphatic carbocycles. The van der Waals surface area contributed by atoms with E-state index >= 15 is 0 Å². The molecule has 2 unspecified atom stereocenters. The molecule has 0 aliphatic rings. The third-order valence-electron chi connectivity index (χ3n) is 9.81. The Morgan fingerprint density at radius 1 is 0.551 bits per heavy atom. The molecule has 0 saturated heterocycles. The summed E-state index contributed by atoms with van der Waals surface area (Å²) in [5, 5.41) is 23.0. The second kappa shape index (κ2) is 39.4. The summed E-state index contributed by atoms with van der Waals surface area (Å²) in [6.45, 7) is 4.83. The standard InChI is InChI=1S/C43H83NO5/c1-3-5-7-9-11-13-15-19-23-27-31-35-41(46)40(39-45)44-42(47)36-32-28-24-20-17-18-22-26-30-34-38-49-43(48)37-33-29-25-21-16-14-12-10-8-6-4-2/h18,22,40-41,45-46H,3-17,19-21,23-39H2,1-2H3,(H,44,47)/b22-18-. The molecule has 0 aromatic carbocycles. The molecular weight excluding hydrogens is 610 g/mol. The molecule has 49 heavy (non-hydrogen) atoms. The number of hydrogen-bond donors (Lipinski definition) is 3. The lowest BCUT2D eigenvalue weighted by molar-refractivity contribution is -0.143. The Kier molecular flexibility index (Phi) is 38.3. The number of rotatable bonds is 39. The highest BCUT2D eigenvalue weighted by Crippen LogP contribution is 2.15. The van der Waals surface area contributed by atoms with Crippen molar-refractivity contribution >= 4 is 11.9 Å². The van der Waals surface area contributed by atoms with E-state index in [-0.39, 0.29) is 18.5 Å². The summed E-state index contributed by atoms with van der Waals surface area (Å²) in [5.74, 6) is -0.110. The van der Waals surface area contributed by atoms with Gasteiger partial charge in [0, 0.05) is 12.8 Å². The summed E-state index contributed by atoms with van der Waals surface area (Å²) in [6, 6.07) is -0.563. The molecule has 2 atom stereocenters. The Morgan fingerprint density at radius 2 is 0.959 bits per heavy atom. The molecule has 6 heteroatoms. The van der Waals surface area contributed by atoms with Gasteiger partial charge in [-0.1, -0.05) is 174 Å². The predicted molar refractivity (Wildman–Crippen MR) is 209 cm³/mol. The molecular formula is C43H83NO5.